The zero-order chi connectivity index (χ0) is 18.8. The van der Waals surface area contributed by atoms with Gasteiger partial charge in [0.2, 0.25) is 5.95 Å². The predicted octanol–water partition coefficient (Wildman–Crippen LogP) is 4.62. The van der Waals surface area contributed by atoms with Crippen molar-refractivity contribution in [2.24, 2.45) is 4.99 Å². The van der Waals surface area contributed by atoms with E-state index in [-0.39, 0.29) is 17.6 Å². The third-order valence-electron chi connectivity index (χ3n) is 3.90. The molecule has 132 valence electrons. The van der Waals surface area contributed by atoms with Crippen LogP contribution in [0.15, 0.2) is 77.7 Å². The summed E-state index contributed by atoms with van der Waals surface area (Å²) in [6.07, 6.45) is 4.79. The summed E-state index contributed by atoms with van der Waals surface area (Å²) < 4.78 is 0. The molecule has 1 aliphatic heterocycles. The first-order valence-electron chi connectivity index (χ1n) is 8.06. The standard InChI is InChI=1S/C20H12Cl2N4O/c21-15-8-7-14(16(22)12-15)11-17-19(27)26(20-23-9-4-10-24-20)18(25-17)13-5-2-1-3-6-13/h1-12H. The molecule has 1 aliphatic rings. The highest BCUT2D eigenvalue weighted by atomic mass is 35.5. The fraction of sp³-hybridized carbons (Fsp3) is 0. The molecule has 0 atom stereocenters. The van der Waals surface area contributed by atoms with Crippen LogP contribution >= 0.6 is 23.2 Å². The monoisotopic (exact) mass is 394 g/mol. The minimum absolute atomic E-state index is 0.241. The van der Waals surface area contributed by atoms with E-state index in [1.165, 1.54) is 4.90 Å². The highest BCUT2D eigenvalue weighted by molar-refractivity contribution is 6.36. The summed E-state index contributed by atoms with van der Waals surface area (Å²) in [6, 6.07) is 16.2. The van der Waals surface area contributed by atoms with Crippen LogP contribution < -0.4 is 4.90 Å². The maximum absolute atomic E-state index is 13.1. The van der Waals surface area contributed by atoms with E-state index in [9.17, 15) is 4.79 Å². The Morgan fingerprint density at radius 1 is 0.926 bits per heavy atom. The van der Waals surface area contributed by atoms with Crippen LogP contribution in [-0.4, -0.2) is 21.7 Å². The lowest BCUT2D eigenvalue weighted by Gasteiger charge is -2.15. The second-order valence-corrected chi connectivity index (χ2v) is 6.53. The van der Waals surface area contributed by atoms with Gasteiger partial charge >= 0.3 is 0 Å². The molecule has 0 saturated heterocycles. The average molecular weight is 395 g/mol. The molecule has 1 aromatic heterocycles. The van der Waals surface area contributed by atoms with Gasteiger partial charge in [0, 0.05) is 28.0 Å². The molecule has 4 rings (SSSR count). The molecule has 5 nitrogen and oxygen atoms in total. The summed E-state index contributed by atoms with van der Waals surface area (Å²) in [5.74, 6) is 0.393. The van der Waals surface area contributed by atoms with Gasteiger partial charge in [-0.1, -0.05) is 59.6 Å². The van der Waals surface area contributed by atoms with Crippen LogP contribution in [0.4, 0.5) is 5.95 Å². The van der Waals surface area contributed by atoms with Gasteiger partial charge in [-0.25, -0.2) is 19.9 Å². The molecule has 0 radical (unpaired) electrons. The second-order valence-electron chi connectivity index (χ2n) is 5.69. The Morgan fingerprint density at radius 2 is 1.67 bits per heavy atom. The maximum atomic E-state index is 13.1. The molecule has 0 N–H and O–H groups in total. The van der Waals surface area contributed by atoms with Gasteiger partial charge in [-0.05, 0) is 29.8 Å². The first-order chi connectivity index (χ1) is 13.1. The van der Waals surface area contributed by atoms with Crippen molar-refractivity contribution >= 4 is 47.0 Å². The average Bonchev–Trinajstić information content (AvgIpc) is 3.02. The van der Waals surface area contributed by atoms with Crippen molar-refractivity contribution in [3.8, 4) is 0 Å². The third-order valence-corrected chi connectivity index (χ3v) is 4.46. The van der Waals surface area contributed by atoms with Gasteiger partial charge in [0.15, 0.2) is 5.84 Å². The quantitative estimate of drug-likeness (QED) is 0.609. The highest BCUT2D eigenvalue weighted by Gasteiger charge is 2.34. The molecule has 0 aliphatic carbocycles. The van der Waals surface area contributed by atoms with Gasteiger partial charge in [0.25, 0.3) is 5.91 Å². The number of carbonyl (C=O) groups is 1. The largest absolute Gasteiger partial charge is 0.285 e. The third kappa shape index (κ3) is 3.47. The van der Waals surface area contributed by atoms with Crippen molar-refractivity contribution in [1.82, 2.24) is 9.97 Å². The topological polar surface area (TPSA) is 58.5 Å². The SMILES string of the molecule is O=C1C(=Cc2ccc(Cl)cc2Cl)N=C(c2ccccc2)N1c1ncccn1. The minimum atomic E-state index is -0.328. The molecule has 0 fully saturated rings. The smallest absolute Gasteiger partial charge is 0.266 e. The number of hydrogen-bond acceptors (Lipinski definition) is 4. The van der Waals surface area contributed by atoms with E-state index >= 15 is 0 Å². The molecular weight excluding hydrogens is 383 g/mol. The van der Waals surface area contributed by atoms with E-state index in [4.69, 9.17) is 23.2 Å². The van der Waals surface area contributed by atoms with Crippen LogP contribution in [0.1, 0.15) is 11.1 Å². The summed E-state index contributed by atoms with van der Waals surface area (Å²) in [5.41, 5.74) is 1.67. The molecule has 0 spiro atoms. The van der Waals surface area contributed by atoms with Crippen LogP contribution in [0.5, 0.6) is 0 Å². The van der Waals surface area contributed by atoms with E-state index in [1.807, 2.05) is 30.3 Å². The number of carbonyl (C=O) groups excluding carboxylic acids is 1. The van der Waals surface area contributed by atoms with Gasteiger partial charge in [-0.2, -0.15) is 0 Å². The number of benzene rings is 2. The van der Waals surface area contributed by atoms with Crippen LogP contribution in [-0.2, 0) is 4.79 Å². The Hall–Kier alpha value is -3.02. The molecule has 0 saturated carbocycles. The number of halogens is 2. The van der Waals surface area contributed by atoms with Gasteiger partial charge < -0.3 is 0 Å². The number of anilines is 1. The van der Waals surface area contributed by atoms with Crippen molar-refractivity contribution in [2.45, 2.75) is 0 Å². The Kier molecular flexibility index (Phi) is 4.71. The summed E-state index contributed by atoms with van der Waals surface area (Å²) in [5, 5.41) is 0.960. The summed E-state index contributed by atoms with van der Waals surface area (Å²) >= 11 is 12.2. The molecule has 0 unspecified atom stereocenters. The van der Waals surface area contributed by atoms with E-state index < -0.39 is 0 Å². The van der Waals surface area contributed by atoms with Gasteiger partial charge in [0.05, 0.1) is 0 Å². The summed E-state index contributed by atoms with van der Waals surface area (Å²) in [4.78, 5) is 27.4. The lowest BCUT2D eigenvalue weighted by Crippen LogP contribution is -2.34. The second kappa shape index (κ2) is 7.31. The van der Waals surface area contributed by atoms with Crippen molar-refractivity contribution in [1.29, 1.82) is 0 Å². The number of aliphatic imine (C=N–C) groups is 1. The van der Waals surface area contributed by atoms with E-state index in [0.29, 0.717) is 21.4 Å². The Labute approximate surface area is 165 Å². The normalized spacial score (nSPS) is 15.3. The number of amides is 1. The Balaban J connectivity index is 1.83. The number of aromatic nitrogens is 2. The van der Waals surface area contributed by atoms with Crippen molar-refractivity contribution in [3.05, 3.63) is 93.9 Å². The lowest BCUT2D eigenvalue weighted by atomic mass is 10.2. The molecule has 2 aromatic carbocycles. The molecular formula is C20H12Cl2N4O. The van der Waals surface area contributed by atoms with Gasteiger partial charge in [-0.15, -0.1) is 0 Å². The van der Waals surface area contributed by atoms with E-state index in [2.05, 4.69) is 15.0 Å². The first kappa shape index (κ1) is 17.4. The zero-order valence-electron chi connectivity index (χ0n) is 13.9. The summed E-state index contributed by atoms with van der Waals surface area (Å²) in [6.45, 7) is 0. The van der Waals surface area contributed by atoms with Crippen LogP contribution in [0.25, 0.3) is 6.08 Å². The lowest BCUT2D eigenvalue weighted by molar-refractivity contribution is -0.113. The highest BCUT2D eigenvalue weighted by Crippen LogP contribution is 2.28. The molecule has 0 bridgehead atoms. The summed E-state index contributed by atoms with van der Waals surface area (Å²) in [7, 11) is 0. The van der Waals surface area contributed by atoms with Gasteiger partial charge in [0.1, 0.15) is 5.70 Å². The molecule has 7 heteroatoms. The predicted molar refractivity (Wildman–Crippen MR) is 107 cm³/mol. The molecule has 3 aromatic rings. The number of hydrogen-bond donors (Lipinski definition) is 0. The van der Waals surface area contributed by atoms with E-state index in [0.717, 1.165) is 5.56 Å². The van der Waals surface area contributed by atoms with Crippen LogP contribution in [0.3, 0.4) is 0 Å². The fourth-order valence-electron chi connectivity index (χ4n) is 2.66. The van der Waals surface area contributed by atoms with Crippen molar-refractivity contribution in [3.63, 3.8) is 0 Å². The van der Waals surface area contributed by atoms with Crippen molar-refractivity contribution < 1.29 is 4.79 Å². The first-order valence-corrected chi connectivity index (χ1v) is 8.81. The fourth-order valence-corrected chi connectivity index (χ4v) is 3.12. The Morgan fingerprint density at radius 3 is 2.37 bits per heavy atom. The maximum Gasteiger partial charge on any atom is 0.285 e. The van der Waals surface area contributed by atoms with E-state index in [1.54, 1.807) is 42.7 Å². The number of nitrogens with zero attached hydrogens (tertiary/aromatic N) is 4. The Bertz CT molecular complexity index is 1070. The zero-order valence-corrected chi connectivity index (χ0v) is 15.4. The number of rotatable bonds is 3. The van der Waals surface area contributed by atoms with Gasteiger partial charge in [-0.3, -0.25) is 4.79 Å². The van der Waals surface area contributed by atoms with Crippen LogP contribution in [0.2, 0.25) is 10.0 Å². The number of amidine groups is 1. The molecule has 2 heterocycles. The van der Waals surface area contributed by atoms with Crippen LogP contribution in [0, 0.1) is 0 Å². The minimum Gasteiger partial charge on any atom is -0.266 e. The molecule has 1 amide bonds. The van der Waals surface area contributed by atoms with Crippen molar-refractivity contribution in [2.75, 3.05) is 4.90 Å². The molecule has 27 heavy (non-hydrogen) atoms.